The summed E-state index contributed by atoms with van der Waals surface area (Å²) in [6, 6.07) is 16.1. The van der Waals surface area contributed by atoms with Crippen molar-refractivity contribution in [1.82, 2.24) is 10.6 Å². The third-order valence-electron chi connectivity index (χ3n) is 6.46. The lowest BCUT2D eigenvalue weighted by Crippen LogP contribution is -2.44. The predicted molar refractivity (Wildman–Crippen MR) is 126 cm³/mol. The van der Waals surface area contributed by atoms with Gasteiger partial charge in [-0.3, -0.25) is 14.9 Å². The second-order valence-electron chi connectivity index (χ2n) is 8.51. The highest BCUT2D eigenvalue weighted by atomic mass is 79.9. The minimum absolute atomic E-state index is 0.174. The SMILES string of the molecule is O=C1CC[C@H](c2ccc(Br)cc2)C1.O=C1NC(=O)C2(CC[C@H](c3ccc(Br)cc3)C2)N1. The number of urea groups is 1. The Balaban J connectivity index is 0.000000158. The lowest BCUT2D eigenvalue weighted by atomic mass is 9.92. The van der Waals surface area contributed by atoms with Gasteiger partial charge in [0.05, 0.1) is 0 Å². The molecule has 1 heterocycles. The monoisotopic (exact) mass is 546 g/mol. The highest BCUT2D eigenvalue weighted by molar-refractivity contribution is 9.10. The van der Waals surface area contributed by atoms with E-state index in [-0.39, 0.29) is 11.9 Å². The van der Waals surface area contributed by atoms with E-state index in [1.165, 1.54) is 11.1 Å². The van der Waals surface area contributed by atoms with Crippen LogP contribution in [-0.4, -0.2) is 23.3 Å². The molecule has 5 nitrogen and oxygen atoms in total. The van der Waals surface area contributed by atoms with Gasteiger partial charge in [0.25, 0.3) is 5.91 Å². The second kappa shape index (κ2) is 9.25. The zero-order valence-electron chi connectivity index (χ0n) is 17.0. The van der Waals surface area contributed by atoms with E-state index < -0.39 is 5.54 Å². The van der Waals surface area contributed by atoms with Crippen LogP contribution in [0.15, 0.2) is 57.5 Å². The number of benzene rings is 2. The zero-order valence-corrected chi connectivity index (χ0v) is 20.2. The van der Waals surface area contributed by atoms with Crippen molar-refractivity contribution in [2.24, 2.45) is 0 Å². The molecule has 1 aliphatic heterocycles. The Kier molecular flexibility index (Phi) is 6.63. The van der Waals surface area contributed by atoms with Crippen molar-refractivity contribution in [3.05, 3.63) is 68.6 Å². The minimum atomic E-state index is -0.672. The molecule has 1 saturated heterocycles. The van der Waals surface area contributed by atoms with E-state index in [1.54, 1.807) is 0 Å². The number of amides is 3. The van der Waals surface area contributed by atoms with E-state index >= 15 is 0 Å². The Hall–Kier alpha value is -1.99. The number of ketones is 1. The summed E-state index contributed by atoms with van der Waals surface area (Å²) in [5.74, 6) is 1.04. The second-order valence-corrected chi connectivity index (χ2v) is 10.3. The molecule has 2 aliphatic carbocycles. The topological polar surface area (TPSA) is 75.3 Å². The fourth-order valence-electron chi connectivity index (χ4n) is 4.75. The molecule has 2 saturated carbocycles. The summed E-state index contributed by atoms with van der Waals surface area (Å²) in [6.45, 7) is 0. The molecule has 3 atom stereocenters. The highest BCUT2D eigenvalue weighted by Gasteiger charge is 2.51. The number of rotatable bonds is 2. The van der Waals surface area contributed by atoms with E-state index in [9.17, 15) is 14.4 Å². The normalized spacial score (nSPS) is 27.1. The maximum absolute atomic E-state index is 11.8. The van der Waals surface area contributed by atoms with Crippen LogP contribution in [0.2, 0.25) is 0 Å². The summed E-state index contributed by atoms with van der Waals surface area (Å²) in [5.41, 5.74) is 1.85. The molecule has 2 N–H and O–H groups in total. The van der Waals surface area contributed by atoms with Gasteiger partial charge in [-0.25, -0.2) is 4.79 Å². The molecule has 7 heteroatoms. The molecular formula is C24H24Br2N2O3. The molecule has 31 heavy (non-hydrogen) atoms. The van der Waals surface area contributed by atoms with Gasteiger partial charge in [0.2, 0.25) is 0 Å². The first-order chi connectivity index (χ1) is 14.8. The van der Waals surface area contributed by atoms with Crippen molar-refractivity contribution in [1.29, 1.82) is 0 Å². The van der Waals surface area contributed by atoms with Crippen LogP contribution in [0, 0.1) is 0 Å². The van der Waals surface area contributed by atoms with Gasteiger partial charge < -0.3 is 5.32 Å². The first kappa shape index (κ1) is 22.2. The molecule has 3 fully saturated rings. The minimum Gasteiger partial charge on any atom is -0.323 e. The van der Waals surface area contributed by atoms with E-state index in [0.29, 0.717) is 30.5 Å². The number of hydrogen-bond acceptors (Lipinski definition) is 3. The summed E-state index contributed by atoms with van der Waals surface area (Å²) in [6.07, 6.45) is 4.86. The van der Waals surface area contributed by atoms with Crippen LogP contribution in [0.25, 0.3) is 0 Å². The summed E-state index contributed by atoms with van der Waals surface area (Å²) in [4.78, 5) is 34.2. The lowest BCUT2D eigenvalue weighted by Gasteiger charge is -2.19. The Morgan fingerprint density at radius 3 is 1.87 bits per heavy atom. The number of carbonyl (C=O) groups excluding carboxylic acids is 3. The van der Waals surface area contributed by atoms with Crippen molar-refractivity contribution >= 4 is 49.6 Å². The maximum Gasteiger partial charge on any atom is 0.322 e. The molecule has 5 rings (SSSR count). The quantitative estimate of drug-likeness (QED) is 0.482. The summed E-state index contributed by atoms with van der Waals surface area (Å²) in [7, 11) is 0. The van der Waals surface area contributed by atoms with Crippen LogP contribution < -0.4 is 10.6 Å². The fraction of sp³-hybridized carbons (Fsp3) is 0.375. The van der Waals surface area contributed by atoms with Crippen molar-refractivity contribution in [2.45, 2.75) is 55.9 Å². The number of halogens is 2. The van der Waals surface area contributed by atoms with E-state index in [0.717, 1.165) is 34.6 Å². The van der Waals surface area contributed by atoms with Crippen LogP contribution in [0.5, 0.6) is 0 Å². The smallest absolute Gasteiger partial charge is 0.322 e. The van der Waals surface area contributed by atoms with Gasteiger partial charge in [-0.05, 0) is 72.9 Å². The number of Topliss-reactive ketones (excluding diaryl/α,β-unsaturated/α-hetero) is 1. The van der Waals surface area contributed by atoms with Crippen LogP contribution in [0.1, 0.15) is 61.5 Å². The van der Waals surface area contributed by atoms with Crippen molar-refractivity contribution < 1.29 is 14.4 Å². The average Bonchev–Trinajstić information content (AvgIpc) is 3.43. The molecule has 1 unspecified atom stereocenters. The van der Waals surface area contributed by atoms with Crippen LogP contribution in [0.4, 0.5) is 4.79 Å². The Labute approximate surface area is 198 Å². The van der Waals surface area contributed by atoms with Gasteiger partial charge in [-0.15, -0.1) is 0 Å². The maximum atomic E-state index is 11.8. The van der Waals surface area contributed by atoms with E-state index in [2.05, 4.69) is 66.8 Å². The Morgan fingerprint density at radius 2 is 1.39 bits per heavy atom. The van der Waals surface area contributed by atoms with Crippen LogP contribution in [-0.2, 0) is 9.59 Å². The zero-order chi connectivity index (χ0) is 22.0. The molecule has 2 aromatic carbocycles. The Morgan fingerprint density at radius 1 is 0.806 bits per heavy atom. The van der Waals surface area contributed by atoms with E-state index in [4.69, 9.17) is 0 Å². The molecule has 3 aliphatic rings. The summed E-state index contributed by atoms with van der Waals surface area (Å²) < 4.78 is 2.14. The van der Waals surface area contributed by atoms with Gasteiger partial charge in [0.15, 0.2) is 0 Å². The highest BCUT2D eigenvalue weighted by Crippen LogP contribution is 2.42. The predicted octanol–water partition coefficient (Wildman–Crippen LogP) is 5.58. The standard InChI is InChI=1S/C13H13BrN2O2.C11H11BrO/c14-10-3-1-8(2-4-10)9-5-6-13(7-9)11(17)15-12(18)16-13;12-10-4-1-8(2-5-10)9-3-6-11(13)7-9/h1-4,9H,5-7H2,(H2,15,16,17,18);1-2,4-5,9H,3,6-7H2/t9-,13?;9-/m00/s1. The van der Waals surface area contributed by atoms with Gasteiger partial charge in [-0.2, -0.15) is 0 Å². The molecule has 0 aromatic heterocycles. The average molecular weight is 548 g/mol. The van der Waals surface area contributed by atoms with Crippen LogP contribution in [0.3, 0.4) is 0 Å². The third kappa shape index (κ3) is 5.09. The molecule has 2 aromatic rings. The van der Waals surface area contributed by atoms with Gasteiger partial charge in [-0.1, -0.05) is 56.1 Å². The van der Waals surface area contributed by atoms with Gasteiger partial charge >= 0.3 is 6.03 Å². The molecule has 0 radical (unpaired) electrons. The lowest BCUT2D eigenvalue weighted by molar-refractivity contribution is -0.123. The first-order valence-corrected chi connectivity index (χ1v) is 12.1. The largest absolute Gasteiger partial charge is 0.323 e. The van der Waals surface area contributed by atoms with Gasteiger partial charge in [0.1, 0.15) is 11.3 Å². The number of hydrogen-bond donors (Lipinski definition) is 2. The molecule has 3 amide bonds. The number of carbonyl (C=O) groups is 3. The van der Waals surface area contributed by atoms with Crippen molar-refractivity contribution in [3.8, 4) is 0 Å². The number of nitrogens with one attached hydrogen (secondary N) is 2. The summed E-state index contributed by atoms with van der Waals surface area (Å²) >= 11 is 6.81. The molecule has 0 bridgehead atoms. The summed E-state index contributed by atoms with van der Waals surface area (Å²) in [5, 5.41) is 5.12. The molecule has 162 valence electrons. The van der Waals surface area contributed by atoms with Gasteiger partial charge in [0, 0.05) is 21.8 Å². The van der Waals surface area contributed by atoms with Crippen molar-refractivity contribution in [3.63, 3.8) is 0 Å². The van der Waals surface area contributed by atoms with Crippen molar-refractivity contribution in [2.75, 3.05) is 0 Å². The first-order valence-electron chi connectivity index (χ1n) is 10.5. The number of imide groups is 1. The molecular weight excluding hydrogens is 524 g/mol. The van der Waals surface area contributed by atoms with Crippen LogP contribution >= 0.6 is 31.9 Å². The fourth-order valence-corrected chi connectivity index (χ4v) is 5.27. The third-order valence-corrected chi connectivity index (χ3v) is 7.51. The molecule has 1 spiro atoms. The van der Waals surface area contributed by atoms with E-state index in [1.807, 2.05) is 24.3 Å². The Bertz CT molecular complexity index is 991.